The van der Waals surface area contributed by atoms with Gasteiger partial charge in [-0.25, -0.2) is 0 Å². The van der Waals surface area contributed by atoms with Gasteiger partial charge in [0.25, 0.3) is 0 Å². The molecule has 0 atom stereocenters. The molecule has 0 spiro atoms. The Hall–Kier alpha value is -1.02. The maximum Gasteiger partial charge on any atom is 0.122 e. The topological polar surface area (TPSA) is 35.2 Å². The van der Waals surface area contributed by atoms with E-state index in [1.54, 1.807) is 0 Å². The highest BCUT2D eigenvalue weighted by atomic mass is 16.5. The quantitative estimate of drug-likeness (QED) is 0.827. The van der Waals surface area contributed by atoms with Crippen LogP contribution >= 0.6 is 0 Å². The van der Waals surface area contributed by atoms with E-state index >= 15 is 0 Å². The molecule has 2 nitrogen and oxygen atoms in total. The number of hydrogen-bond acceptors (Lipinski definition) is 2. The smallest absolute Gasteiger partial charge is 0.122 e. The molecule has 0 bridgehead atoms. The Morgan fingerprint density at radius 2 is 1.60 bits per heavy atom. The van der Waals surface area contributed by atoms with E-state index in [0.717, 1.165) is 5.75 Å². The monoisotopic (exact) mass is 207 g/mol. The maximum atomic E-state index is 5.88. The van der Waals surface area contributed by atoms with Crippen molar-refractivity contribution in [3.05, 3.63) is 28.8 Å². The molecule has 0 aliphatic carbocycles. The molecule has 0 unspecified atom stereocenters. The SMILES string of the molecule is Cc1cc(C)c(OCC(C)(C)N)cc1C. The van der Waals surface area contributed by atoms with Gasteiger partial charge >= 0.3 is 0 Å². The van der Waals surface area contributed by atoms with E-state index in [9.17, 15) is 0 Å². The highest BCUT2D eigenvalue weighted by Crippen LogP contribution is 2.22. The summed E-state index contributed by atoms with van der Waals surface area (Å²) in [7, 11) is 0. The Morgan fingerprint density at radius 1 is 1.07 bits per heavy atom. The molecule has 2 N–H and O–H groups in total. The van der Waals surface area contributed by atoms with Gasteiger partial charge in [0.2, 0.25) is 0 Å². The van der Waals surface area contributed by atoms with Crippen molar-refractivity contribution in [3.63, 3.8) is 0 Å². The molecule has 0 radical (unpaired) electrons. The lowest BCUT2D eigenvalue weighted by Crippen LogP contribution is -2.38. The summed E-state index contributed by atoms with van der Waals surface area (Å²) in [6.45, 7) is 10.7. The Labute approximate surface area is 92.4 Å². The fraction of sp³-hybridized carbons (Fsp3) is 0.538. The third kappa shape index (κ3) is 3.56. The zero-order valence-corrected chi connectivity index (χ0v) is 10.3. The van der Waals surface area contributed by atoms with Gasteiger partial charge in [-0.15, -0.1) is 0 Å². The predicted molar refractivity (Wildman–Crippen MR) is 64.4 cm³/mol. The molecule has 84 valence electrons. The van der Waals surface area contributed by atoms with Crippen LogP contribution in [0, 0.1) is 20.8 Å². The third-order valence-electron chi connectivity index (χ3n) is 2.39. The molecule has 1 rings (SSSR count). The van der Waals surface area contributed by atoms with E-state index in [1.807, 2.05) is 13.8 Å². The standard InChI is InChI=1S/C13H21NO/c1-9-6-11(3)12(7-10(9)2)15-8-13(4,5)14/h6-7H,8,14H2,1-5H3. The zero-order valence-electron chi connectivity index (χ0n) is 10.3. The summed E-state index contributed by atoms with van der Waals surface area (Å²) in [4.78, 5) is 0. The Balaban J connectivity index is 2.82. The minimum Gasteiger partial charge on any atom is -0.491 e. The molecule has 0 heterocycles. The lowest BCUT2D eigenvalue weighted by molar-refractivity contribution is 0.242. The lowest BCUT2D eigenvalue weighted by Gasteiger charge is -2.20. The van der Waals surface area contributed by atoms with Crippen molar-refractivity contribution in [1.29, 1.82) is 0 Å². The van der Waals surface area contributed by atoms with E-state index < -0.39 is 0 Å². The largest absolute Gasteiger partial charge is 0.491 e. The number of benzene rings is 1. The van der Waals surface area contributed by atoms with Gasteiger partial charge in [0.05, 0.1) is 0 Å². The highest BCUT2D eigenvalue weighted by Gasteiger charge is 2.12. The first kappa shape index (κ1) is 12.1. The van der Waals surface area contributed by atoms with Crippen molar-refractivity contribution in [2.45, 2.75) is 40.2 Å². The zero-order chi connectivity index (χ0) is 11.6. The summed E-state index contributed by atoms with van der Waals surface area (Å²) >= 11 is 0. The third-order valence-corrected chi connectivity index (χ3v) is 2.39. The van der Waals surface area contributed by atoms with Crippen molar-refractivity contribution in [3.8, 4) is 5.75 Å². The predicted octanol–water partition coefficient (Wildman–Crippen LogP) is 2.73. The Morgan fingerprint density at radius 3 is 2.13 bits per heavy atom. The molecule has 2 heteroatoms. The van der Waals surface area contributed by atoms with Crippen LogP contribution in [0.2, 0.25) is 0 Å². The molecular formula is C13H21NO. The summed E-state index contributed by atoms with van der Waals surface area (Å²) in [6, 6.07) is 4.23. The fourth-order valence-electron chi connectivity index (χ4n) is 1.35. The van der Waals surface area contributed by atoms with Crippen LogP contribution in [0.1, 0.15) is 30.5 Å². The minimum absolute atomic E-state index is 0.286. The average Bonchev–Trinajstić information content (AvgIpc) is 2.07. The van der Waals surface area contributed by atoms with E-state index in [-0.39, 0.29) is 5.54 Å². The van der Waals surface area contributed by atoms with E-state index in [0.29, 0.717) is 6.61 Å². The Kier molecular flexibility index (Phi) is 3.40. The summed E-state index contributed by atoms with van der Waals surface area (Å²) in [5.74, 6) is 0.941. The van der Waals surface area contributed by atoms with Crippen LogP contribution in [-0.2, 0) is 0 Å². The van der Waals surface area contributed by atoms with E-state index in [1.165, 1.54) is 16.7 Å². The minimum atomic E-state index is -0.286. The molecule has 0 aliphatic heterocycles. The normalized spacial score (nSPS) is 11.6. The maximum absolute atomic E-state index is 5.88. The number of ether oxygens (including phenoxy) is 1. The second-order valence-corrected chi connectivity index (χ2v) is 4.98. The van der Waals surface area contributed by atoms with Gasteiger partial charge in [0, 0.05) is 5.54 Å². The van der Waals surface area contributed by atoms with E-state index in [2.05, 4.69) is 32.9 Å². The second-order valence-electron chi connectivity index (χ2n) is 4.98. The van der Waals surface area contributed by atoms with Crippen LogP contribution < -0.4 is 10.5 Å². The number of nitrogens with two attached hydrogens (primary N) is 1. The average molecular weight is 207 g/mol. The van der Waals surface area contributed by atoms with Crippen molar-refractivity contribution in [2.24, 2.45) is 5.73 Å². The number of rotatable bonds is 3. The van der Waals surface area contributed by atoms with Gasteiger partial charge in [-0.05, 0) is 57.4 Å². The molecule has 0 saturated carbocycles. The van der Waals surface area contributed by atoms with Gasteiger partial charge in [-0.3, -0.25) is 0 Å². The highest BCUT2D eigenvalue weighted by molar-refractivity contribution is 5.40. The van der Waals surface area contributed by atoms with Crippen molar-refractivity contribution >= 4 is 0 Å². The molecule has 15 heavy (non-hydrogen) atoms. The van der Waals surface area contributed by atoms with Crippen LogP contribution in [0.3, 0.4) is 0 Å². The van der Waals surface area contributed by atoms with Gasteiger partial charge in [-0.1, -0.05) is 6.07 Å². The van der Waals surface area contributed by atoms with Gasteiger partial charge in [0.1, 0.15) is 12.4 Å². The van der Waals surface area contributed by atoms with Gasteiger partial charge < -0.3 is 10.5 Å². The summed E-state index contributed by atoms with van der Waals surface area (Å²) in [5.41, 5.74) is 9.31. The number of aryl methyl sites for hydroxylation is 3. The lowest BCUT2D eigenvalue weighted by atomic mass is 10.1. The summed E-state index contributed by atoms with van der Waals surface area (Å²) in [5, 5.41) is 0. The molecular weight excluding hydrogens is 186 g/mol. The molecule has 0 aliphatic rings. The first-order chi connectivity index (χ1) is 6.79. The van der Waals surface area contributed by atoms with E-state index in [4.69, 9.17) is 10.5 Å². The van der Waals surface area contributed by atoms with Crippen LogP contribution in [0.25, 0.3) is 0 Å². The molecule has 0 aromatic heterocycles. The van der Waals surface area contributed by atoms with Crippen molar-refractivity contribution in [1.82, 2.24) is 0 Å². The van der Waals surface area contributed by atoms with Crippen LogP contribution in [-0.4, -0.2) is 12.1 Å². The molecule has 0 fully saturated rings. The molecule has 1 aromatic carbocycles. The Bertz CT molecular complexity index is 350. The van der Waals surface area contributed by atoms with Crippen molar-refractivity contribution in [2.75, 3.05) is 6.61 Å². The molecule has 0 amide bonds. The fourth-order valence-corrected chi connectivity index (χ4v) is 1.35. The first-order valence-electron chi connectivity index (χ1n) is 5.29. The number of hydrogen-bond donors (Lipinski definition) is 1. The summed E-state index contributed by atoms with van der Waals surface area (Å²) < 4.78 is 5.71. The molecule has 0 saturated heterocycles. The van der Waals surface area contributed by atoms with Gasteiger partial charge in [-0.2, -0.15) is 0 Å². The summed E-state index contributed by atoms with van der Waals surface area (Å²) in [6.07, 6.45) is 0. The molecule has 1 aromatic rings. The first-order valence-corrected chi connectivity index (χ1v) is 5.29. The van der Waals surface area contributed by atoms with Crippen molar-refractivity contribution < 1.29 is 4.74 Å². The van der Waals surface area contributed by atoms with Crippen LogP contribution in [0.15, 0.2) is 12.1 Å². The second kappa shape index (κ2) is 4.23. The van der Waals surface area contributed by atoms with Crippen LogP contribution in [0.4, 0.5) is 0 Å². The van der Waals surface area contributed by atoms with Crippen LogP contribution in [0.5, 0.6) is 5.75 Å². The van der Waals surface area contributed by atoms with Gasteiger partial charge in [0.15, 0.2) is 0 Å².